The van der Waals surface area contributed by atoms with E-state index in [4.69, 9.17) is 4.43 Å². The Hall–Kier alpha value is -0.913. The van der Waals surface area contributed by atoms with Crippen LogP contribution in [-0.2, 0) is 14.3 Å². The van der Waals surface area contributed by atoms with E-state index in [1.54, 1.807) is 17.7 Å². The van der Waals surface area contributed by atoms with Gasteiger partial charge < -0.3 is 4.43 Å². The van der Waals surface area contributed by atoms with Crippen LogP contribution in [0.4, 0.5) is 0 Å². The molecule has 8 atom stereocenters. The van der Waals surface area contributed by atoms with E-state index >= 15 is 0 Å². The molecule has 1 unspecified atom stereocenters. The standard InChI is InChI=1S/C34H54O3SSi/c1-24(23-38(35,36)27-12-10-9-11-13-27)29-16-17-30-28-15-14-25-22-26(37-39(7,8)32(2,3)4)18-20-33(25,5)31(28)19-21-34(29,30)6/h9-14,24,26,28-31H,15-23H2,1-8H3/t24-,26?,28+,29-,30+,31+,33+,34-/m1/s1. The van der Waals surface area contributed by atoms with Gasteiger partial charge in [0, 0.05) is 6.10 Å². The van der Waals surface area contributed by atoms with E-state index in [1.165, 1.54) is 44.9 Å². The first kappa shape index (κ1) is 29.6. The summed E-state index contributed by atoms with van der Waals surface area (Å²) >= 11 is 0. The highest BCUT2D eigenvalue weighted by atomic mass is 32.2. The monoisotopic (exact) mass is 570 g/mol. The molecule has 0 N–H and O–H groups in total. The van der Waals surface area contributed by atoms with Crippen molar-refractivity contribution in [1.29, 1.82) is 0 Å². The molecule has 4 aliphatic rings. The zero-order valence-electron chi connectivity index (χ0n) is 25.9. The lowest BCUT2D eigenvalue weighted by atomic mass is 9.47. The van der Waals surface area contributed by atoms with Crippen molar-refractivity contribution >= 4 is 18.2 Å². The molecule has 218 valence electrons. The van der Waals surface area contributed by atoms with Gasteiger partial charge >= 0.3 is 0 Å². The summed E-state index contributed by atoms with van der Waals surface area (Å²) in [7, 11) is -5.02. The number of sulfone groups is 1. The molecule has 3 fully saturated rings. The Morgan fingerprint density at radius 2 is 1.69 bits per heavy atom. The molecular weight excluding hydrogens is 517 g/mol. The maximum absolute atomic E-state index is 13.2. The van der Waals surface area contributed by atoms with Crippen LogP contribution in [0.2, 0.25) is 18.1 Å². The minimum absolute atomic E-state index is 0.190. The summed E-state index contributed by atoms with van der Waals surface area (Å²) in [6, 6.07) is 9.08. The molecule has 0 heterocycles. The highest BCUT2D eigenvalue weighted by Gasteiger charge is 2.59. The Morgan fingerprint density at radius 3 is 2.36 bits per heavy atom. The number of allylic oxidation sites excluding steroid dienone is 1. The van der Waals surface area contributed by atoms with Crippen LogP contribution >= 0.6 is 0 Å². The molecule has 0 aliphatic heterocycles. The first-order chi connectivity index (χ1) is 18.1. The van der Waals surface area contributed by atoms with Gasteiger partial charge in [0.1, 0.15) is 0 Å². The summed E-state index contributed by atoms with van der Waals surface area (Å²) in [6.07, 6.45) is 12.8. The first-order valence-corrected chi connectivity index (χ1v) is 20.3. The maximum atomic E-state index is 13.2. The van der Waals surface area contributed by atoms with Crippen LogP contribution in [0.3, 0.4) is 0 Å². The minimum atomic E-state index is -3.26. The Morgan fingerprint density at radius 1 is 1.00 bits per heavy atom. The van der Waals surface area contributed by atoms with Crippen molar-refractivity contribution in [2.75, 3.05) is 5.75 Å². The molecule has 0 bridgehead atoms. The van der Waals surface area contributed by atoms with Gasteiger partial charge in [-0.05, 0) is 122 Å². The average Bonchev–Trinajstić information content (AvgIpc) is 3.21. The molecule has 1 aromatic carbocycles. The summed E-state index contributed by atoms with van der Waals surface area (Å²) < 4.78 is 33.4. The summed E-state index contributed by atoms with van der Waals surface area (Å²) in [5, 5.41) is 0.254. The van der Waals surface area contributed by atoms with Gasteiger partial charge in [-0.3, -0.25) is 0 Å². The normalized spacial score (nSPS) is 37.8. The fourth-order valence-corrected chi connectivity index (χ4v) is 12.6. The summed E-state index contributed by atoms with van der Waals surface area (Å²) in [5.74, 6) is 3.20. The zero-order chi connectivity index (χ0) is 28.4. The largest absolute Gasteiger partial charge is 0.414 e. The topological polar surface area (TPSA) is 43.4 Å². The van der Waals surface area contributed by atoms with E-state index in [2.05, 4.69) is 60.7 Å². The lowest BCUT2D eigenvalue weighted by molar-refractivity contribution is -0.0546. The minimum Gasteiger partial charge on any atom is -0.414 e. The molecule has 39 heavy (non-hydrogen) atoms. The van der Waals surface area contributed by atoms with Gasteiger partial charge in [-0.1, -0.05) is 71.4 Å². The second-order valence-corrected chi connectivity index (χ2v) is 22.6. The quantitative estimate of drug-likeness (QED) is 0.253. The predicted octanol–water partition coefficient (Wildman–Crippen LogP) is 9.07. The van der Waals surface area contributed by atoms with E-state index in [9.17, 15) is 8.42 Å². The molecule has 0 spiro atoms. The van der Waals surface area contributed by atoms with E-state index in [0.717, 1.165) is 24.2 Å². The highest BCUT2D eigenvalue weighted by molar-refractivity contribution is 7.91. The van der Waals surface area contributed by atoms with Gasteiger partial charge in [0.25, 0.3) is 0 Å². The van der Waals surface area contributed by atoms with Crippen LogP contribution in [0.1, 0.15) is 92.9 Å². The van der Waals surface area contributed by atoms with Crippen molar-refractivity contribution in [3.8, 4) is 0 Å². The third-order valence-corrected chi connectivity index (χ3v) is 19.2. The first-order valence-electron chi connectivity index (χ1n) is 15.7. The molecule has 5 rings (SSSR count). The Bertz CT molecular complexity index is 1180. The lowest BCUT2D eigenvalue weighted by Crippen LogP contribution is -2.52. The molecule has 5 heteroatoms. The van der Waals surface area contributed by atoms with Crippen molar-refractivity contribution in [1.82, 2.24) is 0 Å². The molecule has 4 aliphatic carbocycles. The van der Waals surface area contributed by atoms with E-state index in [1.807, 2.05) is 18.2 Å². The summed E-state index contributed by atoms with van der Waals surface area (Å²) in [5.41, 5.74) is 2.27. The fourth-order valence-electron chi connectivity index (χ4n) is 9.48. The SMILES string of the molecule is C[C@H](CS(=O)(=O)c1ccccc1)[C@H]1CC[C@H]2[C@@H]3CC=C4CC(O[Si](C)(C)C(C)(C)C)CC[C@]4(C)[C@H]3CC[C@]12C. The third kappa shape index (κ3) is 5.16. The van der Waals surface area contributed by atoms with E-state index in [-0.39, 0.29) is 22.1 Å². The van der Waals surface area contributed by atoms with Crippen molar-refractivity contribution in [3.63, 3.8) is 0 Å². The number of benzene rings is 1. The number of hydrogen-bond acceptors (Lipinski definition) is 3. The predicted molar refractivity (Wildman–Crippen MR) is 165 cm³/mol. The van der Waals surface area contributed by atoms with E-state index in [0.29, 0.717) is 22.3 Å². The van der Waals surface area contributed by atoms with Gasteiger partial charge in [0.05, 0.1) is 10.6 Å². The number of rotatable bonds is 6. The smallest absolute Gasteiger partial charge is 0.192 e. The summed E-state index contributed by atoms with van der Waals surface area (Å²) in [6.45, 7) is 19.2. The van der Waals surface area contributed by atoms with Gasteiger partial charge in [-0.25, -0.2) is 8.42 Å². The fraction of sp³-hybridized carbons (Fsp3) is 0.765. The van der Waals surface area contributed by atoms with Crippen molar-refractivity contribution < 1.29 is 12.8 Å². The third-order valence-electron chi connectivity index (χ3n) is 12.7. The van der Waals surface area contributed by atoms with Crippen LogP contribution in [0.25, 0.3) is 0 Å². The number of hydrogen-bond donors (Lipinski definition) is 0. The van der Waals surface area contributed by atoms with Gasteiger partial charge in [-0.2, -0.15) is 0 Å². The van der Waals surface area contributed by atoms with Crippen molar-refractivity contribution in [3.05, 3.63) is 42.0 Å². The molecule has 0 amide bonds. The number of fused-ring (bicyclic) bond motifs is 5. The molecule has 0 radical (unpaired) electrons. The average molecular weight is 571 g/mol. The zero-order valence-corrected chi connectivity index (χ0v) is 27.7. The van der Waals surface area contributed by atoms with Crippen LogP contribution in [0.5, 0.6) is 0 Å². The van der Waals surface area contributed by atoms with Crippen LogP contribution < -0.4 is 0 Å². The molecule has 0 aromatic heterocycles. The molecular formula is C34H54O3SSi. The maximum Gasteiger partial charge on any atom is 0.192 e. The molecule has 1 aromatic rings. The highest BCUT2D eigenvalue weighted by Crippen LogP contribution is 2.67. The van der Waals surface area contributed by atoms with Gasteiger partial charge in [0.2, 0.25) is 0 Å². The lowest BCUT2D eigenvalue weighted by Gasteiger charge is -2.59. The van der Waals surface area contributed by atoms with Gasteiger partial charge in [-0.15, -0.1) is 0 Å². The van der Waals surface area contributed by atoms with Crippen LogP contribution in [0, 0.1) is 40.4 Å². The second kappa shape index (κ2) is 10.1. The van der Waals surface area contributed by atoms with Crippen molar-refractivity contribution in [2.45, 2.75) is 122 Å². The second-order valence-electron chi connectivity index (χ2n) is 15.8. The molecule has 3 saturated carbocycles. The van der Waals surface area contributed by atoms with E-state index < -0.39 is 18.2 Å². The van der Waals surface area contributed by atoms with Crippen molar-refractivity contribution in [2.24, 2.45) is 40.4 Å². The molecule has 0 saturated heterocycles. The molecule has 3 nitrogen and oxygen atoms in total. The van der Waals surface area contributed by atoms with Crippen LogP contribution in [0.15, 0.2) is 46.9 Å². The Kier molecular flexibility index (Phi) is 7.67. The van der Waals surface area contributed by atoms with Gasteiger partial charge in [0.15, 0.2) is 18.2 Å². The summed E-state index contributed by atoms with van der Waals surface area (Å²) in [4.78, 5) is 0.478. The Labute approximate surface area is 240 Å². The Balaban J connectivity index is 1.30. The van der Waals surface area contributed by atoms with Crippen LogP contribution in [-0.4, -0.2) is 28.6 Å².